The van der Waals surface area contributed by atoms with Crippen LogP contribution in [0.5, 0.6) is 11.5 Å². The zero-order valence-electron chi connectivity index (χ0n) is 25.9. The van der Waals surface area contributed by atoms with Crippen LogP contribution in [0.3, 0.4) is 0 Å². The van der Waals surface area contributed by atoms with Crippen LogP contribution in [0.15, 0.2) is 36.4 Å². The summed E-state index contributed by atoms with van der Waals surface area (Å²) in [6.07, 6.45) is 1.49. The number of carbonyl (C=O) groups is 3. The Morgan fingerprint density at radius 3 is 2.48 bits per heavy atom. The molecule has 3 amide bonds. The Kier molecular flexibility index (Phi) is 9.36. The van der Waals surface area contributed by atoms with Gasteiger partial charge in [0.15, 0.2) is 0 Å². The second-order valence-electron chi connectivity index (χ2n) is 12.7. The van der Waals surface area contributed by atoms with Crippen molar-refractivity contribution < 1.29 is 38.8 Å². The van der Waals surface area contributed by atoms with Crippen molar-refractivity contribution in [2.24, 2.45) is 0 Å². The van der Waals surface area contributed by atoms with E-state index in [2.05, 4.69) is 5.32 Å². The summed E-state index contributed by atoms with van der Waals surface area (Å²) in [6.45, 7) is 8.46. The summed E-state index contributed by atoms with van der Waals surface area (Å²) < 4.78 is 17.1. The van der Waals surface area contributed by atoms with Gasteiger partial charge in [-0.05, 0) is 94.8 Å². The molecule has 2 aromatic rings. The minimum atomic E-state index is -1.12. The van der Waals surface area contributed by atoms with Crippen LogP contribution in [-0.4, -0.2) is 94.1 Å². The Hall–Kier alpha value is -3.83. The number of carbonyl (C=O) groups excluding carboxylic acids is 3. The van der Waals surface area contributed by atoms with Gasteiger partial charge in [-0.1, -0.05) is 6.07 Å². The van der Waals surface area contributed by atoms with Crippen molar-refractivity contribution in [2.45, 2.75) is 89.8 Å². The molecule has 44 heavy (non-hydrogen) atoms. The Balaban J connectivity index is 1.30. The molecule has 3 heterocycles. The number of piperidine rings is 1. The maximum absolute atomic E-state index is 13.5. The van der Waals surface area contributed by atoms with E-state index in [4.69, 9.17) is 14.2 Å². The first kappa shape index (κ1) is 31.6. The van der Waals surface area contributed by atoms with E-state index in [0.29, 0.717) is 31.8 Å². The number of aliphatic hydroxyl groups excluding tert-OH is 1. The van der Waals surface area contributed by atoms with Gasteiger partial charge in [0, 0.05) is 18.7 Å². The molecule has 2 fully saturated rings. The Labute approximate surface area is 258 Å². The van der Waals surface area contributed by atoms with Gasteiger partial charge in [-0.2, -0.15) is 0 Å². The van der Waals surface area contributed by atoms with Crippen molar-refractivity contribution in [1.29, 1.82) is 0 Å². The number of phenols is 1. The van der Waals surface area contributed by atoms with Crippen LogP contribution in [0, 0.1) is 0 Å². The number of phenolic OH excluding ortho intramolecular Hbond substituents is 1. The predicted octanol–water partition coefficient (Wildman–Crippen LogP) is 3.64. The standard InChI is InChI=1S/C33H43N3O8/c1-5-43-29-15-21(31(40)36-23-7-6-8-24(36)19-42-18-23)10-12-26(29)30(39)34-16-28(38)27-14-20-9-11-25(37)13-22(20)17-35(27)32(41)44-33(2,3)4/h9-13,15,23-24,27-28,37-38H,5-8,14,16-19H2,1-4H3,(H,34,39)/t23-,24+,27-,28+/m0/s1. The topological polar surface area (TPSA) is 138 Å². The number of rotatable bonds is 7. The van der Waals surface area contributed by atoms with Gasteiger partial charge in [-0.15, -0.1) is 0 Å². The molecule has 0 saturated carbocycles. The van der Waals surface area contributed by atoms with Gasteiger partial charge < -0.3 is 34.6 Å². The molecule has 3 aliphatic heterocycles. The number of nitrogens with zero attached hydrogens (tertiary/aromatic N) is 2. The van der Waals surface area contributed by atoms with Crippen LogP contribution in [0.25, 0.3) is 0 Å². The molecule has 0 aliphatic carbocycles. The molecule has 2 saturated heterocycles. The third kappa shape index (κ3) is 6.94. The van der Waals surface area contributed by atoms with Crippen LogP contribution in [0.1, 0.15) is 78.8 Å². The maximum Gasteiger partial charge on any atom is 0.410 e. The summed E-state index contributed by atoms with van der Waals surface area (Å²) in [5.41, 5.74) is 1.60. The van der Waals surface area contributed by atoms with Gasteiger partial charge in [0.25, 0.3) is 11.8 Å². The van der Waals surface area contributed by atoms with Gasteiger partial charge in [0.1, 0.15) is 17.1 Å². The van der Waals surface area contributed by atoms with Crippen LogP contribution in [0.2, 0.25) is 0 Å². The van der Waals surface area contributed by atoms with E-state index in [9.17, 15) is 24.6 Å². The SMILES string of the molecule is CCOc1cc(C(=O)N2[C@@H]3CCC[C@H]2COC3)ccc1C(=O)NC[C@@H](O)[C@@H]1Cc2ccc(O)cc2CN1C(=O)OC(C)(C)C. The molecule has 11 heteroatoms. The summed E-state index contributed by atoms with van der Waals surface area (Å²) >= 11 is 0. The zero-order valence-corrected chi connectivity index (χ0v) is 25.9. The van der Waals surface area contributed by atoms with E-state index in [1.807, 2.05) is 4.90 Å². The second kappa shape index (κ2) is 13.0. The number of fused-ring (bicyclic) bond motifs is 3. The molecular formula is C33H43N3O8. The third-order valence-corrected chi connectivity index (χ3v) is 8.39. The number of aliphatic hydroxyl groups is 1. The average molecular weight is 610 g/mol. The normalized spacial score (nSPS) is 22.1. The van der Waals surface area contributed by atoms with Gasteiger partial charge in [-0.3, -0.25) is 14.5 Å². The first-order valence-corrected chi connectivity index (χ1v) is 15.4. The molecule has 3 N–H and O–H groups in total. The summed E-state index contributed by atoms with van der Waals surface area (Å²) in [5.74, 6) is -0.200. The maximum atomic E-state index is 13.5. The monoisotopic (exact) mass is 609 g/mol. The van der Waals surface area contributed by atoms with Crippen LogP contribution in [-0.2, 0) is 22.4 Å². The van der Waals surface area contributed by atoms with E-state index in [1.165, 1.54) is 4.90 Å². The molecule has 0 spiro atoms. The molecule has 4 atom stereocenters. The Morgan fingerprint density at radius 1 is 1.07 bits per heavy atom. The van der Waals surface area contributed by atoms with E-state index in [0.717, 1.165) is 30.4 Å². The van der Waals surface area contributed by atoms with E-state index >= 15 is 0 Å². The molecule has 0 radical (unpaired) electrons. The van der Waals surface area contributed by atoms with Crippen LogP contribution < -0.4 is 10.1 Å². The molecule has 3 aliphatic rings. The number of amides is 3. The lowest BCUT2D eigenvalue weighted by atomic mass is 9.91. The lowest BCUT2D eigenvalue weighted by Crippen LogP contribution is -2.57. The number of aromatic hydroxyl groups is 1. The van der Waals surface area contributed by atoms with E-state index in [1.54, 1.807) is 64.1 Å². The fourth-order valence-corrected chi connectivity index (χ4v) is 6.32. The highest BCUT2D eigenvalue weighted by molar-refractivity contribution is 6.00. The van der Waals surface area contributed by atoms with E-state index < -0.39 is 29.7 Å². The van der Waals surface area contributed by atoms with Gasteiger partial charge in [0.2, 0.25) is 0 Å². The highest BCUT2D eigenvalue weighted by atomic mass is 16.6. The first-order valence-electron chi connectivity index (χ1n) is 15.4. The van der Waals surface area contributed by atoms with Crippen LogP contribution >= 0.6 is 0 Å². The quantitative estimate of drug-likeness (QED) is 0.433. The number of ether oxygens (including phenoxy) is 3. The van der Waals surface area contributed by atoms with E-state index in [-0.39, 0.29) is 48.1 Å². The number of hydrogen-bond acceptors (Lipinski definition) is 8. The largest absolute Gasteiger partial charge is 0.508 e. The Bertz CT molecular complexity index is 1370. The van der Waals surface area contributed by atoms with Crippen molar-refractivity contribution in [3.05, 3.63) is 58.7 Å². The number of hydrogen-bond donors (Lipinski definition) is 3. The van der Waals surface area contributed by atoms with Crippen molar-refractivity contribution in [2.75, 3.05) is 26.4 Å². The van der Waals surface area contributed by atoms with Crippen LogP contribution in [0.4, 0.5) is 4.79 Å². The minimum absolute atomic E-state index is 0.0488. The molecule has 0 aromatic heterocycles. The molecule has 11 nitrogen and oxygen atoms in total. The second-order valence-corrected chi connectivity index (χ2v) is 12.7. The van der Waals surface area contributed by atoms with Gasteiger partial charge in [0.05, 0.1) is 49.6 Å². The molecule has 0 unspecified atom stereocenters. The lowest BCUT2D eigenvalue weighted by Gasteiger charge is -2.45. The number of nitrogens with one attached hydrogen (secondary N) is 1. The van der Waals surface area contributed by atoms with Crippen molar-refractivity contribution in [1.82, 2.24) is 15.1 Å². The summed E-state index contributed by atoms with van der Waals surface area (Å²) in [7, 11) is 0. The van der Waals surface area contributed by atoms with Gasteiger partial charge in [-0.25, -0.2) is 4.79 Å². The van der Waals surface area contributed by atoms with Crippen molar-refractivity contribution in [3.63, 3.8) is 0 Å². The number of benzene rings is 2. The highest BCUT2D eigenvalue weighted by Gasteiger charge is 2.39. The average Bonchev–Trinajstić information content (AvgIpc) is 2.97. The molecule has 2 aromatic carbocycles. The lowest BCUT2D eigenvalue weighted by molar-refractivity contribution is -0.0566. The highest BCUT2D eigenvalue weighted by Crippen LogP contribution is 2.32. The number of morpholine rings is 1. The summed E-state index contributed by atoms with van der Waals surface area (Å²) in [5, 5.41) is 24.0. The third-order valence-electron chi connectivity index (χ3n) is 8.39. The van der Waals surface area contributed by atoms with Crippen molar-refractivity contribution >= 4 is 17.9 Å². The smallest absolute Gasteiger partial charge is 0.410 e. The minimum Gasteiger partial charge on any atom is -0.508 e. The van der Waals surface area contributed by atoms with Gasteiger partial charge >= 0.3 is 6.09 Å². The first-order chi connectivity index (χ1) is 20.9. The summed E-state index contributed by atoms with van der Waals surface area (Å²) in [4.78, 5) is 43.4. The molecule has 2 bridgehead atoms. The van der Waals surface area contributed by atoms with Crippen molar-refractivity contribution in [3.8, 4) is 11.5 Å². The summed E-state index contributed by atoms with van der Waals surface area (Å²) in [6, 6.07) is 9.19. The fraction of sp³-hybridized carbons (Fsp3) is 0.545. The molecule has 238 valence electrons. The molecular weight excluding hydrogens is 566 g/mol. The predicted molar refractivity (Wildman–Crippen MR) is 162 cm³/mol. The molecule has 5 rings (SSSR count). The fourth-order valence-electron chi connectivity index (χ4n) is 6.32. The zero-order chi connectivity index (χ0) is 31.6. The Morgan fingerprint density at radius 2 is 1.80 bits per heavy atom.